The summed E-state index contributed by atoms with van der Waals surface area (Å²) >= 11 is 0. The molecule has 0 aliphatic heterocycles. The van der Waals surface area contributed by atoms with Gasteiger partial charge in [-0.05, 0) is 31.9 Å². The fourth-order valence-corrected chi connectivity index (χ4v) is 2.17. The Labute approximate surface area is 113 Å². The molecule has 0 spiro atoms. The molecule has 0 bridgehead atoms. The molecule has 2 aromatic heterocycles. The van der Waals surface area contributed by atoms with E-state index in [1.165, 1.54) is 0 Å². The molecule has 2 rings (SSSR count). The van der Waals surface area contributed by atoms with Gasteiger partial charge in [-0.15, -0.1) is 0 Å². The summed E-state index contributed by atoms with van der Waals surface area (Å²) in [6.45, 7) is 6.81. The normalized spacial score (nSPS) is 12.6. The van der Waals surface area contributed by atoms with E-state index in [1.54, 1.807) is 13.4 Å². The van der Waals surface area contributed by atoms with E-state index < -0.39 is 0 Å². The Morgan fingerprint density at radius 1 is 1.32 bits per heavy atom. The van der Waals surface area contributed by atoms with Crippen LogP contribution in [0.4, 0.5) is 5.82 Å². The number of aromatic nitrogens is 3. The lowest BCUT2D eigenvalue weighted by molar-refractivity contribution is 0.184. The second kappa shape index (κ2) is 5.93. The van der Waals surface area contributed by atoms with Crippen LogP contribution in [-0.4, -0.2) is 34.7 Å². The molecule has 0 radical (unpaired) electrons. The first-order chi connectivity index (χ1) is 9.15. The lowest BCUT2D eigenvalue weighted by atomic mass is 10.1. The van der Waals surface area contributed by atoms with Crippen LogP contribution in [0.1, 0.15) is 24.6 Å². The van der Waals surface area contributed by atoms with E-state index in [0.717, 1.165) is 34.5 Å². The molecule has 1 unspecified atom stereocenters. The molecule has 0 amide bonds. The van der Waals surface area contributed by atoms with Crippen molar-refractivity contribution < 1.29 is 4.74 Å². The molecule has 102 valence electrons. The van der Waals surface area contributed by atoms with Gasteiger partial charge in [-0.2, -0.15) is 0 Å². The highest BCUT2D eigenvalue weighted by atomic mass is 16.5. The van der Waals surface area contributed by atoms with E-state index in [-0.39, 0.29) is 6.04 Å². The summed E-state index contributed by atoms with van der Waals surface area (Å²) in [6.07, 6.45) is 2.52. The van der Waals surface area contributed by atoms with Crippen molar-refractivity contribution in [1.29, 1.82) is 0 Å². The van der Waals surface area contributed by atoms with Gasteiger partial charge < -0.3 is 10.1 Å². The average Bonchev–Trinajstić information content (AvgIpc) is 2.37. The van der Waals surface area contributed by atoms with Crippen LogP contribution in [0.5, 0.6) is 0 Å². The number of aryl methyl sites for hydroxylation is 2. The number of anilines is 1. The number of methoxy groups -OCH3 is 1. The Morgan fingerprint density at radius 3 is 2.79 bits per heavy atom. The second-order valence-electron chi connectivity index (χ2n) is 4.71. The second-order valence-corrected chi connectivity index (χ2v) is 4.71. The van der Waals surface area contributed by atoms with Gasteiger partial charge in [0.15, 0.2) is 5.65 Å². The summed E-state index contributed by atoms with van der Waals surface area (Å²) in [4.78, 5) is 13.1. The van der Waals surface area contributed by atoms with Gasteiger partial charge in [0, 0.05) is 12.8 Å². The molecule has 0 fully saturated rings. The molecular weight excluding hydrogens is 240 g/mol. The minimum atomic E-state index is 0.240. The van der Waals surface area contributed by atoms with E-state index in [9.17, 15) is 0 Å². The minimum Gasteiger partial charge on any atom is -0.383 e. The Kier molecular flexibility index (Phi) is 4.27. The lowest BCUT2D eigenvalue weighted by Gasteiger charge is -2.18. The molecular formula is C14H20N4O. The fraction of sp³-hybridized carbons (Fsp3) is 0.500. The minimum absolute atomic E-state index is 0.240. The van der Waals surface area contributed by atoms with Gasteiger partial charge in [-0.1, -0.05) is 6.92 Å². The third-order valence-corrected chi connectivity index (χ3v) is 3.13. The number of hydrogen-bond donors (Lipinski definition) is 1. The predicted molar refractivity (Wildman–Crippen MR) is 76.4 cm³/mol. The molecule has 0 saturated carbocycles. The van der Waals surface area contributed by atoms with Gasteiger partial charge in [0.1, 0.15) is 12.1 Å². The SMILES string of the molecule is CCC(COC)Nc1ncnc2nc(C)cc(C)c12. The fourth-order valence-electron chi connectivity index (χ4n) is 2.17. The first-order valence-corrected chi connectivity index (χ1v) is 6.50. The molecule has 0 saturated heterocycles. The van der Waals surface area contributed by atoms with Crippen molar-refractivity contribution in [2.45, 2.75) is 33.2 Å². The topological polar surface area (TPSA) is 59.9 Å². The standard InChI is InChI=1S/C14H20N4O/c1-5-11(7-19-4)18-14-12-9(2)6-10(3)17-13(12)15-8-16-14/h6,8,11H,5,7H2,1-4H3,(H,15,16,17,18). The summed E-state index contributed by atoms with van der Waals surface area (Å²) in [6, 6.07) is 2.29. The Morgan fingerprint density at radius 2 is 2.11 bits per heavy atom. The van der Waals surface area contributed by atoms with E-state index in [4.69, 9.17) is 4.74 Å². The van der Waals surface area contributed by atoms with Crippen LogP contribution >= 0.6 is 0 Å². The first-order valence-electron chi connectivity index (χ1n) is 6.50. The van der Waals surface area contributed by atoms with Crippen LogP contribution in [0, 0.1) is 13.8 Å². The van der Waals surface area contributed by atoms with Gasteiger partial charge in [-0.25, -0.2) is 15.0 Å². The molecule has 5 nitrogen and oxygen atoms in total. The Balaban J connectivity index is 2.43. The third kappa shape index (κ3) is 2.98. The van der Waals surface area contributed by atoms with Gasteiger partial charge >= 0.3 is 0 Å². The van der Waals surface area contributed by atoms with Crippen molar-refractivity contribution in [3.8, 4) is 0 Å². The maximum absolute atomic E-state index is 5.21. The van der Waals surface area contributed by atoms with Crippen LogP contribution in [0.2, 0.25) is 0 Å². The van der Waals surface area contributed by atoms with Crippen molar-refractivity contribution in [2.75, 3.05) is 19.0 Å². The van der Waals surface area contributed by atoms with Crippen LogP contribution in [0.3, 0.4) is 0 Å². The number of rotatable bonds is 5. The quantitative estimate of drug-likeness (QED) is 0.895. The zero-order chi connectivity index (χ0) is 13.8. The number of ether oxygens (including phenoxy) is 1. The average molecular weight is 260 g/mol. The van der Waals surface area contributed by atoms with E-state index >= 15 is 0 Å². The molecule has 2 aromatic rings. The van der Waals surface area contributed by atoms with Gasteiger partial charge in [0.2, 0.25) is 0 Å². The predicted octanol–water partition coefficient (Wildman–Crippen LogP) is 2.48. The summed E-state index contributed by atoms with van der Waals surface area (Å²) in [5, 5.41) is 4.41. The van der Waals surface area contributed by atoms with Crippen LogP contribution in [-0.2, 0) is 4.74 Å². The summed E-state index contributed by atoms with van der Waals surface area (Å²) in [5.41, 5.74) is 2.85. The number of fused-ring (bicyclic) bond motifs is 1. The summed E-state index contributed by atoms with van der Waals surface area (Å²) < 4.78 is 5.21. The smallest absolute Gasteiger partial charge is 0.165 e. The van der Waals surface area contributed by atoms with Gasteiger partial charge in [0.25, 0.3) is 0 Å². The molecule has 0 aromatic carbocycles. The number of nitrogens with one attached hydrogen (secondary N) is 1. The molecule has 5 heteroatoms. The first kappa shape index (κ1) is 13.7. The van der Waals surface area contributed by atoms with Crippen LogP contribution in [0.15, 0.2) is 12.4 Å². The zero-order valence-corrected chi connectivity index (χ0v) is 11.9. The molecule has 19 heavy (non-hydrogen) atoms. The molecule has 1 atom stereocenters. The highest BCUT2D eigenvalue weighted by Crippen LogP contribution is 2.23. The van der Waals surface area contributed by atoms with Crippen molar-refractivity contribution in [3.05, 3.63) is 23.7 Å². The number of pyridine rings is 1. The number of hydrogen-bond acceptors (Lipinski definition) is 5. The summed E-state index contributed by atoms with van der Waals surface area (Å²) in [7, 11) is 1.71. The van der Waals surface area contributed by atoms with Crippen molar-refractivity contribution >= 4 is 16.9 Å². The Hall–Kier alpha value is -1.75. The third-order valence-electron chi connectivity index (χ3n) is 3.13. The van der Waals surface area contributed by atoms with Crippen molar-refractivity contribution in [2.24, 2.45) is 0 Å². The highest BCUT2D eigenvalue weighted by molar-refractivity contribution is 5.89. The van der Waals surface area contributed by atoms with E-state index in [0.29, 0.717) is 6.61 Å². The van der Waals surface area contributed by atoms with E-state index in [2.05, 4.69) is 34.1 Å². The monoisotopic (exact) mass is 260 g/mol. The van der Waals surface area contributed by atoms with Crippen molar-refractivity contribution in [3.63, 3.8) is 0 Å². The van der Waals surface area contributed by atoms with Crippen LogP contribution < -0.4 is 5.32 Å². The molecule has 2 heterocycles. The largest absolute Gasteiger partial charge is 0.383 e. The maximum atomic E-state index is 5.21. The molecule has 0 aliphatic rings. The highest BCUT2D eigenvalue weighted by Gasteiger charge is 2.12. The van der Waals surface area contributed by atoms with Crippen LogP contribution in [0.25, 0.3) is 11.0 Å². The van der Waals surface area contributed by atoms with E-state index in [1.807, 2.05) is 13.0 Å². The molecule has 0 aliphatic carbocycles. The lowest BCUT2D eigenvalue weighted by Crippen LogP contribution is -2.24. The van der Waals surface area contributed by atoms with Gasteiger partial charge in [0.05, 0.1) is 18.0 Å². The maximum Gasteiger partial charge on any atom is 0.165 e. The van der Waals surface area contributed by atoms with Gasteiger partial charge in [-0.3, -0.25) is 0 Å². The Bertz CT molecular complexity index is 571. The van der Waals surface area contributed by atoms with Crippen molar-refractivity contribution in [1.82, 2.24) is 15.0 Å². The molecule has 1 N–H and O–H groups in total. The zero-order valence-electron chi connectivity index (χ0n) is 11.9. The number of nitrogens with zero attached hydrogens (tertiary/aromatic N) is 3. The summed E-state index contributed by atoms with van der Waals surface area (Å²) in [5.74, 6) is 0.832.